The van der Waals surface area contributed by atoms with Crippen LogP contribution in [0.4, 0.5) is 0 Å². The van der Waals surface area contributed by atoms with E-state index >= 15 is 0 Å². The highest BCUT2D eigenvalue weighted by atomic mass is 16.2. The van der Waals surface area contributed by atoms with Crippen molar-refractivity contribution in [1.82, 2.24) is 20.2 Å². The van der Waals surface area contributed by atoms with E-state index in [2.05, 4.69) is 15.3 Å². The van der Waals surface area contributed by atoms with Crippen molar-refractivity contribution in [1.29, 1.82) is 0 Å². The number of amides is 2. The van der Waals surface area contributed by atoms with E-state index in [1.807, 2.05) is 20.0 Å². The van der Waals surface area contributed by atoms with Gasteiger partial charge in [-0.05, 0) is 38.7 Å². The molecular weight excluding hydrogens is 280 g/mol. The van der Waals surface area contributed by atoms with E-state index in [0.717, 1.165) is 25.0 Å². The minimum atomic E-state index is -0.260. The highest BCUT2D eigenvalue weighted by Crippen LogP contribution is 2.21. The zero-order chi connectivity index (χ0) is 15.7. The molecule has 0 bridgehead atoms. The number of nitrogens with zero attached hydrogens (tertiary/aromatic N) is 3. The summed E-state index contributed by atoms with van der Waals surface area (Å²) in [6.45, 7) is 4.78. The lowest BCUT2D eigenvalue weighted by Gasteiger charge is -2.20. The third-order valence-corrected chi connectivity index (χ3v) is 4.44. The first-order chi connectivity index (χ1) is 10.5. The van der Waals surface area contributed by atoms with Crippen LogP contribution < -0.4 is 5.32 Å². The molecule has 6 heteroatoms. The van der Waals surface area contributed by atoms with Gasteiger partial charge in [0.25, 0.3) is 0 Å². The second-order valence-electron chi connectivity index (χ2n) is 6.37. The average Bonchev–Trinajstić information content (AvgIpc) is 3.10. The molecule has 1 N–H and O–H groups in total. The number of likely N-dealkylation sites (tertiary alicyclic amines) is 1. The van der Waals surface area contributed by atoms with Crippen molar-refractivity contribution >= 4 is 11.8 Å². The third kappa shape index (κ3) is 2.96. The summed E-state index contributed by atoms with van der Waals surface area (Å²) < 4.78 is 0. The van der Waals surface area contributed by atoms with Gasteiger partial charge in [-0.1, -0.05) is 0 Å². The van der Waals surface area contributed by atoms with E-state index in [0.29, 0.717) is 25.3 Å². The molecule has 0 aromatic carbocycles. The van der Waals surface area contributed by atoms with Gasteiger partial charge in [-0.15, -0.1) is 0 Å². The molecule has 2 aliphatic rings. The van der Waals surface area contributed by atoms with Crippen molar-refractivity contribution in [3.63, 3.8) is 0 Å². The average molecular weight is 302 g/mol. The van der Waals surface area contributed by atoms with Crippen LogP contribution in [0, 0.1) is 5.92 Å². The van der Waals surface area contributed by atoms with Gasteiger partial charge in [-0.3, -0.25) is 9.59 Å². The number of hydrogen-bond donors (Lipinski definition) is 1. The van der Waals surface area contributed by atoms with Gasteiger partial charge < -0.3 is 10.2 Å². The van der Waals surface area contributed by atoms with Crippen LogP contribution in [0.2, 0.25) is 0 Å². The van der Waals surface area contributed by atoms with Crippen molar-refractivity contribution in [2.45, 2.75) is 52.1 Å². The van der Waals surface area contributed by atoms with Gasteiger partial charge in [0.1, 0.15) is 5.82 Å². The number of carbonyl (C=O) groups is 2. The minimum Gasteiger partial charge on any atom is -0.348 e. The van der Waals surface area contributed by atoms with Crippen molar-refractivity contribution in [2.75, 3.05) is 6.54 Å². The fourth-order valence-corrected chi connectivity index (χ4v) is 3.16. The number of nitrogens with one attached hydrogen (secondary N) is 1. The Morgan fingerprint density at radius 3 is 3.00 bits per heavy atom. The summed E-state index contributed by atoms with van der Waals surface area (Å²) in [4.78, 5) is 34.6. The van der Waals surface area contributed by atoms with Crippen molar-refractivity contribution in [2.24, 2.45) is 5.92 Å². The lowest BCUT2D eigenvalue weighted by molar-refractivity contribution is -0.130. The Labute approximate surface area is 130 Å². The van der Waals surface area contributed by atoms with E-state index in [1.165, 1.54) is 5.56 Å². The second-order valence-corrected chi connectivity index (χ2v) is 6.37. The Kier molecular flexibility index (Phi) is 4.09. The van der Waals surface area contributed by atoms with Crippen LogP contribution in [0.25, 0.3) is 0 Å². The van der Waals surface area contributed by atoms with E-state index in [-0.39, 0.29) is 23.8 Å². The molecule has 1 atom stereocenters. The number of carbonyl (C=O) groups excluding carboxylic acids is 2. The highest BCUT2D eigenvalue weighted by molar-refractivity contribution is 5.89. The topological polar surface area (TPSA) is 75.2 Å². The van der Waals surface area contributed by atoms with Gasteiger partial charge in [0.15, 0.2) is 0 Å². The second kappa shape index (κ2) is 6.02. The summed E-state index contributed by atoms with van der Waals surface area (Å²) in [6, 6.07) is 0.144. The Hall–Kier alpha value is -1.98. The third-order valence-electron chi connectivity index (χ3n) is 4.44. The largest absolute Gasteiger partial charge is 0.348 e. The molecule has 0 spiro atoms. The number of fused-ring (bicyclic) bond motifs is 1. The Balaban J connectivity index is 1.56. The van der Waals surface area contributed by atoms with E-state index in [1.54, 1.807) is 4.90 Å². The molecule has 118 valence electrons. The highest BCUT2D eigenvalue weighted by Gasteiger charge is 2.35. The van der Waals surface area contributed by atoms with Gasteiger partial charge in [-0.25, -0.2) is 9.97 Å². The van der Waals surface area contributed by atoms with E-state index < -0.39 is 0 Å². The van der Waals surface area contributed by atoms with Gasteiger partial charge >= 0.3 is 0 Å². The quantitative estimate of drug-likeness (QED) is 0.894. The monoisotopic (exact) mass is 302 g/mol. The van der Waals surface area contributed by atoms with Gasteiger partial charge in [0, 0.05) is 30.9 Å². The molecule has 3 rings (SSSR count). The molecule has 0 radical (unpaired) electrons. The summed E-state index contributed by atoms with van der Waals surface area (Å²) in [5.41, 5.74) is 2.34. The van der Waals surface area contributed by atoms with Gasteiger partial charge in [0.2, 0.25) is 11.8 Å². The van der Waals surface area contributed by atoms with Gasteiger partial charge in [0.05, 0.1) is 12.5 Å². The number of aryl methyl sites for hydroxylation is 2. The Morgan fingerprint density at radius 1 is 1.45 bits per heavy atom. The normalized spacial score (nSPS) is 20.6. The zero-order valence-electron chi connectivity index (χ0n) is 13.1. The Bertz CT molecular complexity index is 600. The molecule has 1 fully saturated rings. The van der Waals surface area contributed by atoms with Crippen LogP contribution in [0.15, 0.2) is 6.20 Å². The van der Waals surface area contributed by atoms with Crippen LogP contribution >= 0.6 is 0 Å². The molecule has 1 saturated heterocycles. The molecule has 2 heterocycles. The van der Waals surface area contributed by atoms with E-state index in [4.69, 9.17) is 0 Å². The van der Waals surface area contributed by atoms with Crippen molar-refractivity contribution in [3.8, 4) is 0 Å². The lowest BCUT2D eigenvalue weighted by atomic mass is 10.1. The first-order valence-corrected chi connectivity index (χ1v) is 7.95. The molecule has 1 aliphatic carbocycles. The number of rotatable bonds is 4. The first-order valence-electron chi connectivity index (χ1n) is 7.95. The maximum Gasteiger partial charge on any atom is 0.225 e. The Morgan fingerprint density at radius 2 is 2.27 bits per heavy atom. The van der Waals surface area contributed by atoms with Crippen LogP contribution in [-0.4, -0.2) is 39.3 Å². The molecule has 6 nitrogen and oxygen atoms in total. The SMILES string of the molecule is CC(C)N1C[C@@H](C(=O)NCc2ncc3c(n2)CCC3)CC1=O. The van der Waals surface area contributed by atoms with Crippen molar-refractivity contribution < 1.29 is 9.59 Å². The molecule has 0 unspecified atom stereocenters. The predicted molar refractivity (Wildman–Crippen MR) is 80.9 cm³/mol. The first kappa shape index (κ1) is 14.9. The molecule has 1 aromatic rings. The van der Waals surface area contributed by atoms with Crippen LogP contribution in [0.3, 0.4) is 0 Å². The fourth-order valence-electron chi connectivity index (χ4n) is 3.16. The fraction of sp³-hybridized carbons (Fsp3) is 0.625. The van der Waals surface area contributed by atoms with Gasteiger partial charge in [-0.2, -0.15) is 0 Å². The zero-order valence-corrected chi connectivity index (χ0v) is 13.1. The maximum absolute atomic E-state index is 12.2. The van der Waals surface area contributed by atoms with Crippen LogP contribution in [0.1, 0.15) is 43.8 Å². The molecule has 22 heavy (non-hydrogen) atoms. The number of hydrogen-bond acceptors (Lipinski definition) is 4. The standard InChI is InChI=1S/C16H22N4O2/c1-10(2)20-9-12(6-15(20)21)16(22)18-8-14-17-7-11-4-3-5-13(11)19-14/h7,10,12H,3-6,8-9H2,1-2H3,(H,18,22)/t12-/m0/s1. The molecule has 1 aliphatic heterocycles. The summed E-state index contributed by atoms with van der Waals surface area (Å²) in [6.07, 6.45) is 5.36. The summed E-state index contributed by atoms with van der Waals surface area (Å²) >= 11 is 0. The predicted octanol–water partition coefficient (Wildman–Crippen LogP) is 0.838. The van der Waals surface area contributed by atoms with Crippen LogP contribution in [-0.2, 0) is 29.0 Å². The number of aromatic nitrogens is 2. The van der Waals surface area contributed by atoms with Crippen molar-refractivity contribution in [3.05, 3.63) is 23.3 Å². The smallest absolute Gasteiger partial charge is 0.225 e. The van der Waals surface area contributed by atoms with E-state index in [9.17, 15) is 9.59 Å². The molecule has 2 amide bonds. The lowest BCUT2D eigenvalue weighted by Crippen LogP contribution is -2.35. The van der Waals surface area contributed by atoms with Crippen LogP contribution in [0.5, 0.6) is 0 Å². The molecule has 0 saturated carbocycles. The maximum atomic E-state index is 12.2. The molecule has 1 aromatic heterocycles. The summed E-state index contributed by atoms with van der Waals surface area (Å²) in [7, 11) is 0. The minimum absolute atomic E-state index is 0.0592. The summed E-state index contributed by atoms with van der Waals surface area (Å²) in [5, 5.41) is 2.87. The molecular formula is C16H22N4O2. The summed E-state index contributed by atoms with van der Waals surface area (Å²) in [5.74, 6) is 0.368.